The number of aromatic nitrogens is 4. The van der Waals surface area contributed by atoms with Crippen LogP contribution in [-0.2, 0) is 6.18 Å². The molecule has 1 aliphatic heterocycles. The summed E-state index contributed by atoms with van der Waals surface area (Å²) in [6, 6.07) is 3.20. The molecule has 4 atom stereocenters. The lowest BCUT2D eigenvalue weighted by molar-refractivity contribution is -0.189. The Hall–Kier alpha value is -3.19. The van der Waals surface area contributed by atoms with Crippen LogP contribution in [0, 0.1) is 18.8 Å². The van der Waals surface area contributed by atoms with Crippen molar-refractivity contribution in [3.05, 3.63) is 29.6 Å². The predicted molar refractivity (Wildman–Crippen MR) is 111 cm³/mol. The molecule has 1 unspecified atom stereocenters. The number of halogens is 6. The molecule has 0 radical (unpaired) electrons. The fourth-order valence-electron chi connectivity index (χ4n) is 4.85. The van der Waals surface area contributed by atoms with Gasteiger partial charge < -0.3 is 19.5 Å². The maximum atomic E-state index is 13.6. The molecule has 14 heteroatoms. The second kappa shape index (κ2) is 8.19. The van der Waals surface area contributed by atoms with Crippen LogP contribution in [0.25, 0.3) is 5.65 Å². The van der Waals surface area contributed by atoms with Crippen molar-refractivity contribution < 1.29 is 35.6 Å². The third kappa shape index (κ3) is 4.45. The van der Waals surface area contributed by atoms with Crippen LogP contribution in [0.15, 0.2) is 22.7 Å². The summed E-state index contributed by atoms with van der Waals surface area (Å²) < 4.78 is 90.4. The highest BCUT2D eigenvalue weighted by Crippen LogP contribution is 2.41. The molecule has 5 rings (SSSR count). The zero-order valence-electron chi connectivity index (χ0n) is 18.7. The van der Waals surface area contributed by atoms with Crippen molar-refractivity contribution in [1.82, 2.24) is 19.8 Å². The normalized spacial score (nSPS) is 23.7. The van der Waals surface area contributed by atoms with E-state index in [-0.39, 0.29) is 23.8 Å². The van der Waals surface area contributed by atoms with Crippen molar-refractivity contribution in [2.24, 2.45) is 11.8 Å². The van der Waals surface area contributed by atoms with Crippen molar-refractivity contribution in [3.63, 3.8) is 0 Å². The molecule has 1 aliphatic carbocycles. The lowest BCUT2D eigenvalue weighted by Gasteiger charge is -2.37. The van der Waals surface area contributed by atoms with Gasteiger partial charge in [0, 0.05) is 25.2 Å². The lowest BCUT2D eigenvalue weighted by atomic mass is 9.92. The maximum absolute atomic E-state index is 13.6. The van der Waals surface area contributed by atoms with Crippen molar-refractivity contribution in [2.45, 2.75) is 51.2 Å². The van der Waals surface area contributed by atoms with Crippen LogP contribution in [0.4, 0.5) is 38.2 Å². The van der Waals surface area contributed by atoms with Crippen molar-refractivity contribution in [1.29, 1.82) is 0 Å². The Morgan fingerprint density at radius 1 is 1.11 bits per heavy atom. The van der Waals surface area contributed by atoms with E-state index in [1.807, 2.05) is 13.0 Å². The van der Waals surface area contributed by atoms with Gasteiger partial charge in [-0.25, -0.2) is 4.52 Å². The highest BCUT2D eigenvalue weighted by molar-refractivity contribution is 5.57. The van der Waals surface area contributed by atoms with Gasteiger partial charge in [0.15, 0.2) is 17.5 Å². The smallest absolute Gasteiger partial charge is 0.433 e. The molecule has 2 bridgehead atoms. The van der Waals surface area contributed by atoms with E-state index in [4.69, 9.17) is 9.26 Å². The predicted octanol–water partition coefficient (Wildman–Crippen LogP) is 4.70. The molecule has 2 fully saturated rings. The molecule has 35 heavy (non-hydrogen) atoms. The second-order valence-electron chi connectivity index (χ2n) is 9.03. The molecular weight excluding hydrogens is 482 g/mol. The Morgan fingerprint density at radius 2 is 1.80 bits per heavy atom. The third-order valence-electron chi connectivity index (χ3n) is 6.56. The summed E-state index contributed by atoms with van der Waals surface area (Å²) in [4.78, 5) is 6.19. The number of hydrogen-bond donors (Lipinski definition) is 1. The zero-order valence-corrected chi connectivity index (χ0v) is 18.7. The van der Waals surface area contributed by atoms with Gasteiger partial charge in [0.25, 0.3) is 0 Å². The number of alkyl halides is 6. The quantitative estimate of drug-likeness (QED) is 0.505. The van der Waals surface area contributed by atoms with Crippen LogP contribution in [0.5, 0.6) is 5.75 Å². The molecule has 190 valence electrons. The Balaban J connectivity index is 1.42. The number of fused-ring (bicyclic) bond motifs is 3. The van der Waals surface area contributed by atoms with Crippen molar-refractivity contribution in [2.75, 3.05) is 23.3 Å². The molecule has 2 aliphatic rings. The van der Waals surface area contributed by atoms with E-state index in [0.717, 1.165) is 31.5 Å². The zero-order chi connectivity index (χ0) is 25.1. The monoisotopic (exact) mass is 504 g/mol. The number of nitrogens with one attached hydrogen (secondary N) is 1. The average molecular weight is 504 g/mol. The number of hydrogen-bond acceptors (Lipinski definition) is 7. The Morgan fingerprint density at radius 3 is 2.37 bits per heavy atom. The number of pyridine rings is 1. The van der Waals surface area contributed by atoms with E-state index in [9.17, 15) is 26.3 Å². The Kier molecular flexibility index (Phi) is 5.51. The molecule has 4 heterocycles. The first-order valence-corrected chi connectivity index (χ1v) is 11.1. The van der Waals surface area contributed by atoms with Crippen molar-refractivity contribution in [3.8, 4) is 5.75 Å². The van der Waals surface area contributed by atoms with Gasteiger partial charge in [-0.05, 0) is 50.7 Å². The minimum absolute atomic E-state index is 0.0999. The number of piperidine rings is 1. The first-order valence-electron chi connectivity index (χ1n) is 11.1. The lowest BCUT2D eigenvalue weighted by Crippen LogP contribution is -2.48. The number of anilines is 2. The summed E-state index contributed by atoms with van der Waals surface area (Å²) in [5.41, 5.74) is -0.848. The molecule has 0 amide bonds. The van der Waals surface area contributed by atoms with Crippen LogP contribution in [0.2, 0.25) is 0 Å². The molecule has 0 aromatic carbocycles. The Bertz CT molecular complexity index is 1210. The van der Waals surface area contributed by atoms with Crippen molar-refractivity contribution >= 4 is 17.5 Å². The van der Waals surface area contributed by atoms with Crippen LogP contribution in [-0.4, -0.2) is 51.2 Å². The molecule has 1 N–H and O–H groups in total. The summed E-state index contributed by atoms with van der Waals surface area (Å²) >= 11 is 0. The fourth-order valence-corrected chi connectivity index (χ4v) is 4.85. The molecule has 3 aromatic heterocycles. The highest BCUT2D eigenvalue weighted by Gasteiger charge is 2.44. The first kappa shape index (κ1) is 23.5. The highest BCUT2D eigenvalue weighted by atomic mass is 19.4. The number of aryl methyl sites for hydroxylation is 1. The van der Waals surface area contributed by atoms with E-state index >= 15 is 0 Å². The van der Waals surface area contributed by atoms with Crippen LogP contribution in [0.3, 0.4) is 0 Å². The van der Waals surface area contributed by atoms with Gasteiger partial charge >= 0.3 is 12.4 Å². The summed E-state index contributed by atoms with van der Waals surface area (Å²) in [6.07, 6.45) is -9.95. The standard InChI is InChI=1S/C21H22F6N6O2/c1-10-7-16(35-31-10)32-8-12-3-4-13(9-32)17(12)28-19-29-18-14(34-11(2)20(22,23)24)5-6-15(21(25,26)27)33(18)30-19/h5-7,11-13,17H,3-4,8-9H2,1-2H3,(H,28,30)/t11?,12-,13+,17-. The molecule has 1 saturated carbocycles. The van der Waals surface area contributed by atoms with E-state index in [0.29, 0.717) is 29.6 Å². The SMILES string of the molecule is Cc1cc(N2C[C@H]3CC[C@@H](C2)[C@@H]3Nc2nc3c(OC(C)C(F)(F)F)ccc(C(F)(F)F)n3n2)on1. The van der Waals surface area contributed by atoms with E-state index in [1.165, 1.54) is 0 Å². The van der Waals surface area contributed by atoms with Crippen LogP contribution >= 0.6 is 0 Å². The van der Waals surface area contributed by atoms with Gasteiger partial charge in [0.05, 0.1) is 5.69 Å². The van der Waals surface area contributed by atoms with Gasteiger partial charge in [0.2, 0.25) is 11.8 Å². The summed E-state index contributed by atoms with van der Waals surface area (Å²) in [5.74, 6) is 0.417. The summed E-state index contributed by atoms with van der Waals surface area (Å²) in [6.45, 7) is 3.90. The van der Waals surface area contributed by atoms with Gasteiger partial charge in [-0.1, -0.05) is 5.16 Å². The van der Waals surface area contributed by atoms with Gasteiger partial charge in [-0.2, -0.15) is 31.3 Å². The summed E-state index contributed by atoms with van der Waals surface area (Å²) in [7, 11) is 0. The maximum Gasteiger partial charge on any atom is 0.433 e. The van der Waals surface area contributed by atoms with Crippen LogP contribution in [0.1, 0.15) is 31.2 Å². The first-order chi connectivity index (χ1) is 16.4. The minimum Gasteiger partial charge on any atom is -0.477 e. The minimum atomic E-state index is -4.79. The molecule has 0 spiro atoms. The Labute approximate surface area is 195 Å². The van der Waals surface area contributed by atoms with Crippen LogP contribution < -0.4 is 15.0 Å². The van der Waals surface area contributed by atoms with E-state index in [2.05, 4.69) is 25.5 Å². The second-order valence-corrected chi connectivity index (χ2v) is 9.03. The van der Waals surface area contributed by atoms with E-state index < -0.39 is 35.5 Å². The van der Waals surface area contributed by atoms with Gasteiger partial charge in [0.1, 0.15) is 5.69 Å². The largest absolute Gasteiger partial charge is 0.477 e. The number of nitrogens with zero attached hydrogens (tertiary/aromatic N) is 5. The van der Waals surface area contributed by atoms with Gasteiger partial charge in [-0.15, -0.1) is 5.10 Å². The van der Waals surface area contributed by atoms with Gasteiger partial charge in [-0.3, -0.25) is 0 Å². The third-order valence-corrected chi connectivity index (χ3v) is 6.56. The fraction of sp³-hybridized carbons (Fsp3) is 0.571. The summed E-state index contributed by atoms with van der Waals surface area (Å²) in [5, 5.41) is 11.0. The average Bonchev–Trinajstić information content (AvgIpc) is 3.43. The topological polar surface area (TPSA) is 80.7 Å². The van der Waals surface area contributed by atoms with E-state index in [1.54, 1.807) is 0 Å². The molecule has 8 nitrogen and oxygen atoms in total. The molecule has 3 aromatic rings. The number of rotatable bonds is 5. The molecular formula is C21H22F6N6O2. The number of ether oxygens (including phenoxy) is 1. The molecule has 1 saturated heterocycles.